The zero-order chi connectivity index (χ0) is 17.7. The molecule has 0 aromatic rings. The van der Waals surface area contributed by atoms with Crippen molar-refractivity contribution in [2.45, 2.75) is 70.5 Å². The molecule has 2 fully saturated rings. The van der Waals surface area contributed by atoms with Crippen LogP contribution in [-0.4, -0.2) is 83.0 Å². The van der Waals surface area contributed by atoms with E-state index in [0.29, 0.717) is 18.6 Å². The van der Waals surface area contributed by atoms with E-state index in [1.54, 1.807) is 0 Å². The molecule has 1 saturated heterocycles. The second kappa shape index (κ2) is 8.81. The largest absolute Gasteiger partial charge is 0.480 e. The lowest BCUT2D eigenvalue weighted by atomic mass is 10.0. The molecule has 1 amide bonds. The van der Waals surface area contributed by atoms with Crippen LogP contribution in [0.2, 0.25) is 0 Å². The van der Waals surface area contributed by atoms with Gasteiger partial charge >= 0.3 is 5.97 Å². The number of carboxylic acids is 1. The van der Waals surface area contributed by atoms with Gasteiger partial charge in [-0.05, 0) is 46.6 Å². The Morgan fingerprint density at radius 1 is 1.08 bits per heavy atom. The van der Waals surface area contributed by atoms with E-state index in [2.05, 4.69) is 23.6 Å². The molecule has 1 saturated carbocycles. The lowest BCUT2D eigenvalue weighted by Crippen LogP contribution is -2.51. The average Bonchev–Trinajstić information content (AvgIpc) is 3.00. The van der Waals surface area contributed by atoms with Crippen molar-refractivity contribution in [3.8, 4) is 0 Å². The zero-order valence-corrected chi connectivity index (χ0v) is 15.4. The van der Waals surface area contributed by atoms with E-state index in [1.165, 1.54) is 12.8 Å². The summed E-state index contributed by atoms with van der Waals surface area (Å²) < 4.78 is 0. The highest BCUT2D eigenvalue weighted by Crippen LogP contribution is 2.25. The van der Waals surface area contributed by atoms with E-state index >= 15 is 0 Å². The van der Waals surface area contributed by atoms with Gasteiger partial charge in [0.15, 0.2) is 0 Å². The van der Waals surface area contributed by atoms with Crippen molar-refractivity contribution in [3.63, 3.8) is 0 Å². The quantitative estimate of drug-likeness (QED) is 0.764. The van der Waals surface area contributed by atoms with E-state index in [9.17, 15) is 9.59 Å². The fraction of sp³-hybridized carbons (Fsp3) is 0.889. The fourth-order valence-corrected chi connectivity index (χ4v) is 4.23. The number of hydrogen-bond donors (Lipinski definition) is 1. The number of hydrogen-bond acceptors (Lipinski definition) is 4. The molecule has 1 aliphatic heterocycles. The summed E-state index contributed by atoms with van der Waals surface area (Å²) in [6.07, 6.45) is 6.63. The van der Waals surface area contributed by atoms with Crippen LogP contribution in [0.3, 0.4) is 0 Å². The Labute approximate surface area is 145 Å². The molecule has 0 bridgehead atoms. The van der Waals surface area contributed by atoms with Gasteiger partial charge < -0.3 is 10.0 Å². The van der Waals surface area contributed by atoms with Gasteiger partial charge in [-0.1, -0.05) is 12.8 Å². The van der Waals surface area contributed by atoms with Crippen LogP contribution in [0.4, 0.5) is 0 Å². The van der Waals surface area contributed by atoms with Crippen LogP contribution in [0.5, 0.6) is 0 Å². The summed E-state index contributed by atoms with van der Waals surface area (Å²) in [7, 11) is 1.88. The number of rotatable bonds is 7. The molecule has 6 heteroatoms. The lowest BCUT2D eigenvalue weighted by Gasteiger charge is -2.38. The number of carbonyl (C=O) groups excluding carboxylic acids is 1. The van der Waals surface area contributed by atoms with Gasteiger partial charge in [0, 0.05) is 31.2 Å². The van der Waals surface area contributed by atoms with Gasteiger partial charge in [-0.15, -0.1) is 0 Å². The minimum absolute atomic E-state index is 0.0897. The molecule has 0 spiro atoms. The second-order valence-corrected chi connectivity index (χ2v) is 7.65. The van der Waals surface area contributed by atoms with Crippen molar-refractivity contribution in [1.29, 1.82) is 0 Å². The first-order valence-electron chi connectivity index (χ1n) is 9.34. The summed E-state index contributed by atoms with van der Waals surface area (Å²) in [5.74, 6) is -0.520. The Hall–Kier alpha value is -1.14. The molecular weight excluding hydrogens is 306 g/mol. The maximum Gasteiger partial charge on any atom is 0.317 e. The molecule has 6 nitrogen and oxygen atoms in total. The number of likely N-dealkylation sites (N-methyl/N-ethyl adjacent to an activating group) is 1. The van der Waals surface area contributed by atoms with E-state index < -0.39 is 5.97 Å². The third-order valence-corrected chi connectivity index (χ3v) is 5.49. The standard InChI is InChI=1S/C18H33N3O3/c1-14(2)21(16-6-4-5-7-16)17(22)12-20-10-8-15(9-11-20)19(3)13-18(23)24/h14-16H,4-13H2,1-3H3,(H,23,24). The molecule has 1 aliphatic carbocycles. The first-order valence-corrected chi connectivity index (χ1v) is 9.34. The maximum atomic E-state index is 12.8. The van der Waals surface area contributed by atoms with Gasteiger partial charge in [-0.25, -0.2) is 0 Å². The third-order valence-electron chi connectivity index (χ3n) is 5.49. The van der Waals surface area contributed by atoms with E-state index in [-0.39, 0.29) is 18.5 Å². The maximum absolute atomic E-state index is 12.8. The van der Waals surface area contributed by atoms with Gasteiger partial charge in [-0.2, -0.15) is 0 Å². The first kappa shape index (κ1) is 19.2. The molecule has 1 heterocycles. The Morgan fingerprint density at radius 3 is 2.17 bits per heavy atom. The van der Waals surface area contributed by atoms with Gasteiger partial charge in [-0.3, -0.25) is 19.4 Å². The Balaban J connectivity index is 1.81. The minimum atomic E-state index is -0.778. The lowest BCUT2D eigenvalue weighted by molar-refractivity contribution is -0.138. The summed E-state index contributed by atoms with van der Waals surface area (Å²) in [5.41, 5.74) is 0. The van der Waals surface area contributed by atoms with Crippen LogP contribution in [0.25, 0.3) is 0 Å². The molecule has 0 aromatic heterocycles. The highest BCUT2D eigenvalue weighted by atomic mass is 16.4. The highest BCUT2D eigenvalue weighted by Gasteiger charge is 2.31. The Morgan fingerprint density at radius 2 is 1.67 bits per heavy atom. The minimum Gasteiger partial charge on any atom is -0.480 e. The predicted molar refractivity (Wildman–Crippen MR) is 94.0 cm³/mol. The van der Waals surface area contributed by atoms with Gasteiger partial charge in [0.1, 0.15) is 0 Å². The number of carboxylic acid groups (broad SMARTS) is 1. The van der Waals surface area contributed by atoms with Crippen LogP contribution < -0.4 is 0 Å². The number of aliphatic carboxylic acids is 1. The summed E-state index contributed by atoms with van der Waals surface area (Å²) >= 11 is 0. The number of nitrogens with zero attached hydrogens (tertiary/aromatic N) is 3. The van der Waals surface area contributed by atoms with Crippen LogP contribution in [0.1, 0.15) is 52.4 Å². The molecular formula is C18H33N3O3. The van der Waals surface area contributed by atoms with Crippen LogP contribution >= 0.6 is 0 Å². The van der Waals surface area contributed by atoms with Crippen molar-refractivity contribution < 1.29 is 14.7 Å². The highest BCUT2D eigenvalue weighted by molar-refractivity contribution is 5.79. The van der Waals surface area contributed by atoms with Crippen LogP contribution in [0, 0.1) is 0 Å². The number of amides is 1. The average molecular weight is 339 g/mol. The topological polar surface area (TPSA) is 64.1 Å². The number of carbonyl (C=O) groups is 2. The molecule has 138 valence electrons. The van der Waals surface area contributed by atoms with Gasteiger partial charge in [0.25, 0.3) is 0 Å². The Kier molecular flexibility index (Phi) is 7.04. The van der Waals surface area contributed by atoms with Crippen molar-refractivity contribution in [2.24, 2.45) is 0 Å². The molecule has 2 aliphatic rings. The van der Waals surface area contributed by atoms with Crippen LogP contribution in [-0.2, 0) is 9.59 Å². The van der Waals surface area contributed by atoms with Crippen molar-refractivity contribution in [3.05, 3.63) is 0 Å². The molecule has 1 N–H and O–H groups in total. The molecule has 2 rings (SSSR count). The normalized spacial score (nSPS) is 20.9. The summed E-state index contributed by atoms with van der Waals surface area (Å²) in [6, 6.07) is 1.00. The predicted octanol–water partition coefficient (Wildman–Crippen LogP) is 1.65. The zero-order valence-electron chi connectivity index (χ0n) is 15.4. The Bertz CT molecular complexity index is 427. The van der Waals surface area contributed by atoms with E-state index in [0.717, 1.165) is 38.8 Å². The molecule has 0 atom stereocenters. The first-order chi connectivity index (χ1) is 11.4. The van der Waals surface area contributed by atoms with Crippen molar-refractivity contribution >= 4 is 11.9 Å². The summed E-state index contributed by atoms with van der Waals surface area (Å²) in [5, 5.41) is 8.90. The summed E-state index contributed by atoms with van der Waals surface area (Å²) in [4.78, 5) is 29.9. The van der Waals surface area contributed by atoms with Gasteiger partial charge in [0.05, 0.1) is 13.1 Å². The number of likely N-dealkylation sites (tertiary alicyclic amines) is 1. The monoisotopic (exact) mass is 339 g/mol. The summed E-state index contributed by atoms with van der Waals surface area (Å²) in [6.45, 7) is 6.57. The van der Waals surface area contributed by atoms with Gasteiger partial charge in [0.2, 0.25) is 5.91 Å². The van der Waals surface area contributed by atoms with E-state index in [1.807, 2.05) is 11.9 Å². The molecule has 24 heavy (non-hydrogen) atoms. The van der Waals surface area contributed by atoms with Crippen molar-refractivity contribution in [2.75, 3.05) is 33.2 Å². The molecule has 0 aromatic carbocycles. The molecule has 0 unspecified atom stereocenters. The second-order valence-electron chi connectivity index (χ2n) is 7.65. The fourth-order valence-electron chi connectivity index (χ4n) is 4.23. The van der Waals surface area contributed by atoms with Crippen LogP contribution in [0.15, 0.2) is 0 Å². The molecule has 0 radical (unpaired) electrons. The van der Waals surface area contributed by atoms with E-state index in [4.69, 9.17) is 5.11 Å². The third kappa shape index (κ3) is 5.18. The SMILES string of the molecule is CC(C)N(C(=O)CN1CCC(N(C)CC(=O)O)CC1)C1CCCC1. The number of piperidine rings is 1. The smallest absolute Gasteiger partial charge is 0.317 e. The van der Waals surface area contributed by atoms with Crippen molar-refractivity contribution in [1.82, 2.24) is 14.7 Å².